The first kappa shape index (κ1) is 17.9. The lowest BCUT2D eigenvalue weighted by molar-refractivity contribution is -0.167. The number of rotatable bonds is 5. The third kappa shape index (κ3) is 3.91. The molecule has 1 heterocycles. The van der Waals surface area contributed by atoms with E-state index in [-0.39, 0.29) is 38.5 Å². The zero-order valence-electron chi connectivity index (χ0n) is 13.9. The number of carboxylic acids is 1. The molecule has 1 aliphatic heterocycles. The average molecular weight is 334 g/mol. The summed E-state index contributed by atoms with van der Waals surface area (Å²) in [6.45, 7) is 2.22. The normalized spacial score (nSPS) is 16.2. The number of carbonyl (C=O) groups excluding carboxylic acids is 2. The van der Waals surface area contributed by atoms with Gasteiger partial charge in [0.15, 0.2) is 5.41 Å². The summed E-state index contributed by atoms with van der Waals surface area (Å²) in [4.78, 5) is 37.0. The van der Waals surface area contributed by atoms with Crippen molar-refractivity contribution in [3.8, 4) is 0 Å². The first-order valence-corrected chi connectivity index (χ1v) is 7.78. The Morgan fingerprint density at radius 1 is 1.29 bits per heavy atom. The Hall–Kier alpha value is -2.41. The number of hydrogen-bond donors (Lipinski definition) is 2. The molecule has 0 spiro atoms. The van der Waals surface area contributed by atoms with Crippen molar-refractivity contribution in [2.45, 2.75) is 26.3 Å². The molecule has 1 aromatic rings. The van der Waals surface area contributed by atoms with Crippen LogP contribution in [-0.2, 0) is 25.7 Å². The molecule has 7 nitrogen and oxygen atoms in total. The molecule has 1 aromatic carbocycles. The lowest BCUT2D eigenvalue weighted by atomic mass is 9.79. The van der Waals surface area contributed by atoms with Crippen molar-refractivity contribution in [1.82, 2.24) is 4.90 Å². The number of anilines is 1. The second kappa shape index (κ2) is 7.44. The number of amides is 2. The van der Waals surface area contributed by atoms with Gasteiger partial charge in [0.25, 0.3) is 0 Å². The van der Waals surface area contributed by atoms with Crippen LogP contribution in [0, 0.1) is 5.41 Å². The Balaban J connectivity index is 2.13. The summed E-state index contributed by atoms with van der Waals surface area (Å²) in [6.07, 6.45) is 0.356. The SMILES string of the molecule is CC(=O)Nc1cccc(CN(C)C(=O)C2(C(=O)O)CCOCC2)c1. The van der Waals surface area contributed by atoms with E-state index in [1.807, 2.05) is 6.07 Å². The van der Waals surface area contributed by atoms with Crippen LogP contribution in [0.2, 0.25) is 0 Å². The maximum Gasteiger partial charge on any atom is 0.319 e. The largest absolute Gasteiger partial charge is 0.480 e. The second-order valence-electron chi connectivity index (χ2n) is 6.04. The van der Waals surface area contributed by atoms with Crippen LogP contribution in [0.5, 0.6) is 0 Å². The van der Waals surface area contributed by atoms with Crippen LogP contribution in [0.25, 0.3) is 0 Å². The van der Waals surface area contributed by atoms with Gasteiger partial charge in [-0.25, -0.2) is 0 Å². The molecule has 2 rings (SSSR count). The quantitative estimate of drug-likeness (QED) is 0.795. The van der Waals surface area contributed by atoms with Crippen molar-refractivity contribution in [3.05, 3.63) is 29.8 Å². The number of carboxylic acid groups (broad SMARTS) is 1. The lowest BCUT2D eigenvalue weighted by Gasteiger charge is -2.35. The Labute approximate surface area is 140 Å². The highest BCUT2D eigenvalue weighted by Gasteiger charge is 2.48. The molecule has 0 aliphatic carbocycles. The van der Waals surface area contributed by atoms with E-state index in [9.17, 15) is 19.5 Å². The van der Waals surface area contributed by atoms with Gasteiger partial charge in [-0.3, -0.25) is 14.4 Å². The maximum atomic E-state index is 12.7. The first-order chi connectivity index (χ1) is 11.3. The molecular weight excluding hydrogens is 312 g/mol. The minimum absolute atomic E-state index is 0.177. The van der Waals surface area contributed by atoms with Crippen LogP contribution in [0.15, 0.2) is 24.3 Å². The van der Waals surface area contributed by atoms with Crippen LogP contribution in [0.4, 0.5) is 5.69 Å². The van der Waals surface area contributed by atoms with Gasteiger partial charge in [0.05, 0.1) is 0 Å². The number of hydrogen-bond acceptors (Lipinski definition) is 4. The molecule has 2 amide bonds. The Morgan fingerprint density at radius 3 is 2.54 bits per heavy atom. The summed E-state index contributed by atoms with van der Waals surface area (Å²) in [5, 5.41) is 12.3. The Morgan fingerprint density at radius 2 is 1.96 bits per heavy atom. The van der Waals surface area contributed by atoms with Gasteiger partial charge < -0.3 is 20.1 Å². The van der Waals surface area contributed by atoms with Gasteiger partial charge in [0, 0.05) is 39.4 Å². The van der Waals surface area contributed by atoms with Crippen LogP contribution < -0.4 is 5.32 Å². The number of carbonyl (C=O) groups is 3. The first-order valence-electron chi connectivity index (χ1n) is 7.78. The summed E-state index contributed by atoms with van der Waals surface area (Å²) in [6, 6.07) is 7.12. The van der Waals surface area contributed by atoms with Crippen LogP contribution in [0.3, 0.4) is 0 Å². The maximum absolute atomic E-state index is 12.7. The molecule has 7 heteroatoms. The molecule has 0 bridgehead atoms. The summed E-state index contributed by atoms with van der Waals surface area (Å²) in [5.41, 5.74) is 0.0342. The van der Waals surface area contributed by atoms with Crippen molar-refractivity contribution in [2.75, 3.05) is 25.6 Å². The molecule has 2 N–H and O–H groups in total. The fourth-order valence-corrected chi connectivity index (χ4v) is 2.90. The van der Waals surface area contributed by atoms with Crippen molar-refractivity contribution < 1.29 is 24.2 Å². The smallest absolute Gasteiger partial charge is 0.319 e. The van der Waals surface area contributed by atoms with E-state index in [0.717, 1.165) is 5.56 Å². The molecule has 1 fully saturated rings. The van der Waals surface area contributed by atoms with E-state index in [2.05, 4.69) is 5.32 Å². The Bertz CT molecular complexity index is 638. The molecule has 24 heavy (non-hydrogen) atoms. The highest BCUT2D eigenvalue weighted by Crippen LogP contribution is 2.33. The van der Waals surface area contributed by atoms with E-state index in [1.54, 1.807) is 25.2 Å². The van der Waals surface area contributed by atoms with E-state index >= 15 is 0 Å². The predicted molar refractivity (Wildman–Crippen MR) is 87.3 cm³/mol. The third-order valence-corrected chi connectivity index (χ3v) is 4.18. The van der Waals surface area contributed by atoms with E-state index in [0.29, 0.717) is 5.69 Å². The number of benzene rings is 1. The van der Waals surface area contributed by atoms with Crippen LogP contribution in [-0.4, -0.2) is 48.1 Å². The molecular formula is C17H22N2O5. The van der Waals surface area contributed by atoms with Gasteiger partial charge in [-0.05, 0) is 30.5 Å². The standard InChI is InChI=1S/C17H22N2O5/c1-12(20)18-14-5-3-4-13(10-14)11-19(2)15(21)17(16(22)23)6-8-24-9-7-17/h3-5,10H,6-9,11H2,1-2H3,(H,18,20)(H,22,23). The minimum atomic E-state index is -1.41. The topological polar surface area (TPSA) is 95.9 Å². The minimum Gasteiger partial charge on any atom is -0.480 e. The van der Waals surface area contributed by atoms with Gasteiger partial charge in [-0.1, -0.05) is 12.1 Å². The van der Waals surface area contributed by atoms with Gasteiger partial charge in [-0.15, -0.1) is 0 Å². The fourth-order valence-electron chi connectivity index (χ4n) is 2.90. The van der Waals surface area contributed by atoms with E-state index in [4.69, 9.17) is 4.74 Å². The Kier molecular flexibility index (Phi) is 5.56. The van der Waals surface area contributed by atoms with Crippen LogP contribution in [0.1, 0.15) is 25.3 Å². The summed E-state index contributed by atoms with van der Waals surface area (Å²) < 4.78 is 5.20. The van der Waals surface area contributed by atoms with Gasteiger partial charge in [0.2, 0.25) is 11.8 Å². The van der Waals surface area contributed by atoms with Crippen LogP contribution >= 0.6 is 0 Å². The number of nitrogens with one attached hydrogen (secondary N) is 1. The van der Waals surface area contributed by atoms with Crippen molar-refractivity contribution >= 4 is 23.5 Å². The monoisotopic (exact) mass is 334 g/mol. The van der Waals surface area contributed by atoms with Crippen molar-refractivity contribution in [2.24, 2.45) is 5.41 Å². The second-order valence-corrected chi connectivity index (χ2v) is 6.04. The number of nitrogens with zero attached hydrogens (tertiary/aromatic N) is 1. The fraction of sp³-hybridized carbons (Fsp3) is 0.471. The molecule has 1 aliphatic rings. The van der Waals surface area contributed by atoms with Gasteiger partial charge in [-0.2, -0.15) is 0 Å². The predicted octanol–water partition coefficient (Wildman–Crippen LogP) is 1.48. The van der Waals surface area contributed by atoms with Crippen molar-refractivity contribution in [3.63, 3.8) is 0 Å². The molecule has 0 saturated carbocycles. The third-order valence-electron chi connectivity index (χ3n) is 4.18. The molecule has 0 radical (unpaired) electrons. The molecule has 0 atom stereocenters. The van der Waals surface area contributed by atoms with E-state index in [1.165, 1.54) is 11.8 Å². The highest BCUT2D eigenvalue weighted by atomic mass is 16.5. The van der Waals surface area contributed by atoms with Gasteiger partial charge in [0.1, 0.15) is 0 Å². The molecule has 0 unspecified atom stereocenters. The summed E-state index contributed by atoms with van der Waals surface area (Å²) in [7, 11) is 1.59. The molecule has 1 saturated heterocycles. The number of ether oxygens (including phenoxy) is 1. The van der Waals surface area contributed by atoms with Crippen molar-refractivity contribution in [1.29, 1.82) is 0 Å². The summed E-state index contributed by atoms with van der Waals surface area (Å²) >= 11 is 0. The molecule has 130 valence electrons. The van der Waals surface area contributed by atoms with Gasteiger partial charge >= 0.3 is 5.97 Å². The number of aliphatic carboxylic acids is 1. The lowest BCUT2D eigenvalue weighted by Crippen LogP contribution is -2.50. The van der Waals surface area contributed by atoms with E-state index < -0.39 is 17.3 Å². The zero-order chi connectivity index (χ0) is 17.7. The molecule has 0 aromatic heterocycles. The highest BCUT2D eigenvalue weighted by molar-refractivity contribution is 6.02. The zero-order valence-corrected chi connectivity index (χ0v) is 13.9. The average Bonchev–Trinajstić information content (AvgIpc) is 2.54. The summed E-state index contributed by atoms with van der Waals surface area (Å²) in [5.74, 6) is -1.69.